The second-order valence-electron chi connectivity index (χ2n) is 6.73. The molecule has 2 aromatic heterocycles. The molecule has 0 spiro atoms. The zero-order valence-corrected chi connectivity index (χ0v) is 17.7. The predicted octanol–water partition coefficient (Wildman–Crippen LogP) is 4.70. The van der Waals surface area contributed by atoms with Crippen LogP contribution in [0.1, 0.15) is 16.8 Å². The lowest BCUT2D eigenvalue weighted by atomic mass is 10.2. The minimum Gasteiger partial charge on any atom is -0.283 e. The van der Waals surface area contributed by atoms with Gasteiger partial charge in [0.05, 0.1) is 16.0 Å². The fourth-order valence-electron chi connectivity index (χ4n) is 3.20. The topological polar surface area (TPSA) is 113 Å². The van der Waals surface area contributed by atoms with Crippen LogP contribution < -0.4 is 5.49 Å². The number of aromatic nitrogens is 4. The first-order valence-corrected chi connectivity index (χ1v) is 10.4. The SMILES string of the molecule is Cc1c(Cl)cccc1-n1c(SCc2cccc([N+](=O)[O-])c2)nc2n[nH]c(C)c2c1=N. The van der Waals surface area contributed by atoms with Crippen molar-refractivity contribution in [3.05, 3.63) is 79.9 Å². The van der Waals surface area contributed by atoms with E-state index in [4.69, 9.17) is 17.0 Å². The first-order valence-electron chi connectivity index (χ1n) is 9.00. The molecule has 0 amide bonds. The van der Waals surface area contributed by atoms with E-state index in [1.165, 1.54) is 17.8 Å². The molecule has 152 valence electrons. The van der Waals surface area contributed by atoms with Crippen LogP contribution in [0.4, 0.5) is 5.69 Å². The van der Waals surface area contributed by atoms with Gasteiger partial charge in [0.1, 0.15) is 5.49 Å². The number of thioether (sulfide) groups is 1. The standard InChI is InChI=1S/C20H17ClN6O2S/c1-11-15(21)7-4-8-16(11)26-18(22)17-12(2)24-25-19(17)23-20(26)30-10-13-5-3-6-14(9-13)27(28)29/h3-9,22H,10H2,1-2H3,(H,24,25). The Kier molecular flexibility index (Phi) is 5.31. The highest BCUT2D eigenvalue weighted by Gasteiger charge is 2.17. The number of hydrogen-bond donors (Lipinski definition) is 2. The Balaban J connectivity index is 1.85. The number of nitrogens with one attached hydrogen (secondary N) is 2. The zero-order chi connectivity index (χ0) is 21.4. The molecule has 0 fully saturated rings. The Morgan fingerprint density at radius 2 is 2.03 bits per heavy atom. The van der Waals surface area contributed by atoms with Gasteiger partial charge in [-0.2, -0.15) is 5.10 Å². The number of aryl methyl sites for hydroxylation is 1. The van der Waals surface area contributed by atoms with Crippen molar-refractivity contribution in [3.8, 4) is 5.69 Å². The van der Waals surface area contributed by atoms with E-state index in [-0.39, 0.29) is 11.2 Å². The number of aromatic amines is 1. The second-order valence-corrected chi connectivity index (χ2v) is 8.07. The van der Waals surface area contributed by atoms with Crippen molar-refractivity contribution in [3.63, 3.8) is 0 Å². The van der Waals surface area contributed by atoms with Gasteiger partial charge in [-0.15, -0.1) is 0 Å². The molecule has 0 atom stereocenters. The number of nitro benzene ring substituents is 1. The molecule has 30 heavy (non-hydrogen) atoms. The Morgan fingerprint density at radius 3 is 2.80 bits per heavy atom. The van der Waals surface area contributed by atoms with Gasteiger partial charge >= 0.3 is 0 Å². The van der Waals surface area contributed by atoms with Crippen molar-refractivity contribution < 1.29 is 4.92 Å². The smallest absolute Gasteiger partial charge is 0.269 e. The molecule has 2 aromatic carbocycles. The van der Waals surface area contributed by atoms with Crippen molar-refractivity contribution in [2.75, 3.05) is 0 Å². The third-order valence-electron chi connectivity index (χ3n) is 4.75. The Hall–Kier alpha value is -3.17. The van der Waals surface area contributed by atoms with Crippen LogP contribution >= 0.6 is 23.4 Å². The van der Waals surface area contributed by atoms with Gasteiger partial charge in [0.2, 0.25) is 0 Å². The van der Waals surface area contributed by atoms with E-state index in [1.54, 1.807) is 22.8 Å². The molecular formula is C20H17ClN6O2S. The number of fused-ring (bicyclic) bond motifs is 1. The number of hydrogen-bond acceptors (Lipinski definition) is 6. The summed E-state index contributed by atoms with van der Waals surface area (Å²) in [5, 5.41) is 28.8. The molecular weight excluding hydrogens is 424 g/mol. The maximum absolute atomic E-state index is 11.1. The summed E-state index contributed by atoms with van der Waals surface area (Å²) >= 11 is 7.71. The average molecular weight is 441 g/mol. The van der Waals surface area contributed by atoms with Crippen LogP contribution in [-0.2, 0) is 5.75 Å². The molecule has 4 rings (SSSR count). The number of benzene rings is 2. The molecule has 10 heteroatoms. The van der Waals surface area contributed by atoms with Crippen LogP contribution in [0.2, 0.25) is 5.02 Å². The van der Waals surface area contributed by atoms with Crippen LogP contribution in [0.15, 0.2) is 47.6 Å². The van der Waals surface area contributed by atoms with Gasteiger partial charge in [-0.25, -0.2) is 4.98 Å². The second kappa shape index (κ2) is 7.92. The molecule has 0 unspecified atom stereocenters. The average Bonchev–Trinajstić information content (AvgIpc) is 3.10. The van der Waals surface area contributed by atoms with Crippen LogP contribution in [0.3, 0.4) is 0 Å². The molecule has 0 saturated heterocycles. The number of nitrogens with zero attached hydrogens (tertiary/aromatic N) is 4. The number of non-ortho nitro benzene ring substituents is 1. The van der Waals surface area contributed by atoms with Crippen LogP contribution in [0.25, 0.3) is 16.7 Å². The first kappa shape index (κ1) is 20.1. The summed E-state index contributed by atoms with van der Waals surface area (Å²) in [7, 11) is 0. The highest BCUT2D eigenvalue weighted by Crippen LogP contribution is 2.29. The molecule has 2 heterocycles. The summed E-state index contributed by atoms with van der Waals surface area (Å²) < 4.78 is 1.74. The predicted molar refractivity (Wildman–Crippen MR) is 116 cm³/mol. The number of halogens is 1. The van der Waals surface area contributed by atoms with Crippen molar-refractivity contribution in [1.82, 2.24) is 19.7 Å². The lowest BCUT2D eigenvalue weighted by Gasteiger charge is -2.16. The van der Waals surface area contributed by atoms with E-state index < -0.39 is 4.92 Å². The third kappa shape index (κ3) is 3.57. The number of H-pyrrole nitrogens is 1. The zero-order valence-electron chi connectivity index (χ0n) is 16.1. The molecule has 2 N–H and O–H groups in total. The summed E-state index contributed by atoms with van der Waals surface area (Å²) in [5.74, 6) is 0.447. The normalized spacial score (nSPS) is 11.2. The molecule has 8 nitrogen and oxygen atoms in total. The molecule has 0 aliphatic heterocycles. The van der Waals surface area contributed by atoms with Crippen LogP contribution in [-0.4, -0.2) is 24.7 Å². The largest absolute Gasteiger partial charge is 0.283 e. The third-order valence-corrected chi connectivity index (χ3v) is 6.17. The van der Waals surface area contributed by atoms with E-state index in [2.05, 4.69) is 15.2 Å². The quantitative estimate of drug-likeness (QED) is 0.202. The maximum atomic E-state index is 11.1. The van der Waals surface area contributed by atoms with Gasteiger partial charge in [-0.05, 0) is 37.1 Å². The summed E-state index contributed by atoms with van der Waals surface area (Å²) in [5.41, 5.74) is 3.87. The highest BCUT2D eigenvalue weighted by molar-refractivity contribution is 7.98. The Morgan fingerprint density at radius 1 is 1.27 bits per heavy atom. The monoisotopic (exact) mass is 440 g/mol. The molecule has 0 saturated carbocycles. The summed E-state index contributed by atoms with van der Waals surface area (Å²) in [6.45, 7) is 3.74. The van der Waals surface area contributed by atoms with E-state index in [0.29, 0.717) is 27.0 Å². The lowest BCUT2D eigenvalue weighted by Crippen LogP contribution is -2.23. The van der Waals surface area contributed by atoms with Gasteiger partial charge in [-0.3, -0.25) is 25.2 Å². The van der Waals surface area contributed by atoms with Gasteiger partial charge < -0.3 is 0 Å². The van der Waals surface area contributed by atoms with Gasteiger partial charge in [0.15, 0.2) is 10.8 Å². The van der Waals surface area contributed by atoms with Crippen molar-refractivity contribution >= 4 is 40.1 Å². The van der Waals surface area contributed by atoms with Crippen LogP contribution in [0.5, 0.6) is 0 Å². The first-order chi connectivity index (χ1) is 14.4. The van der Waals surface area contributed by atoms with E-state index in [1.807, 2.05) is 32.0 Å². The summed E-state index contributed by atoms with van der Waals surface area (Å²) in [4.78, 5) is 15.3. The molecule has 4 aromatic rings. The molecule has 0 aliphatic rings. The Labute approximate surface area is 180 Å². The van der Waals surface area contributed by atoms with E-state index in [0.717, 1.165) is 22.5 Å². The fourth-order valence-corrected chi connectivity index (χ4v) is 4.31. The van der Waals surface area contributed by atoms with Crippen LogP contribution in [0, 0.1) is 29.4 Å². The minimum absolute atomic E-state index is 0.0409. The molecule has 0 bridgehead atoms. The number of nitro groups is 1. The van der Waals surface area contributed by atoms with Gasteiger partial charge in [-0.1, -0.05) is 41.6 Å². The summed E-state index contributed by atoms with van der Waals surface area (Å²) in [6, 6.07) is 12.0. The maximum Gasteiger partial charge on any atom is 0.269 e. The lowest BCUT2D eigenvalue weighted by molar-refractivity contribution is -0.384. The Bertz CT molecular complexity index is 1350. The summed E-state index contributed by atoms with van der Waals surface area (Å²) in [6.07, 6.45) is 0. The van der Waals surface area contributed by atoms with Crippen molar-refractivity contribution in [2.45, 2.75) is 24.8 Å². The molecule has 0 aliphatic carbocycles. The molecule has 0 radical (unpaired) electrons. The van der Waals surface area contributed by atoms with E-state index >= 15 is 0 Å². The van der Waals surface area contributed by atoms with Gasteiger partial charge in [0.25, 0.3) is 5.69 Å². The highest BCUT2D eigenvalue weighted by atomic mass is 35.5. The number of rotatable bonds is 5. The fraction of sp³-hybridized carbons (Fsp3) is 0.150. The van der Waals surface area contributed by atoms with Crippen molar-refractivity contribution in [2.24, 2.45) is 0 Å². The minimum atomic E-state index is -0.414. The van der Waals surface area contributed by atoms with E-state index in [9.17, 15) is 10.1 Å². The van der Waals surface area contributed by atoms with Crippen molar-refractivity contribution in [1.29, 1.82) is 5.41 Å². The van der Waals surface area contributed by atoms with Gasteiger partial charge in [0, 0.05) is 28.6 Å².